The lowest BCUT2D eigenvalue weighted by molar-refractivity contribution is 0.0358. The van der Waals surface area contributed by atoms with Crippen molar-refractivity contribution in [2.45, 2.75) is 65.1 Å². The van der Waals surface area contributed by atoms with Crippen molar-refractivity contribution in [3.63, 3.8) is 0 Å². The Bertz CT molecular complexity index is 165. The fraction of sp³-hybridized carbons (Fsp3) is 1.00. The zero-order valence-corrected chi connectivity index (χ0v) is 11.4. The van der Waals surface area contributed by atoms with E-state index in [9.17, 15) is 0 Å². The zero-order chi connectivity index (χ0) is 11.3. The van der Waals surface area contributed by atoms with E-state index in [4.69, 9.17) is 0 Å². The molecule has 1 heterocycles. The minimum Gasteiger partial charge on any atom is -0.251 e. The molecule has 0 radical (unpaired) electrons. The first-order valence-electron chi connectivity index (χ1n) is 6.27. The highest BCUT2D eigenvalue weighted by Crippen LogP contribution is 2.20. The summed E-state index contributed by atoms with van der Waals surface area (Å²) < 4.78 is 0. The number of nitrogens with one attached hydrogen (secondary N) is 1. The molecule has 0 amide bonds. The lowest BCUT2D eigenvalue weighted by Crippen LogP contribution is -2.55. The predicted octanol–water partition coefficient (Wildman–Crippen LogP) is 2.90. The second-order valence-corrected chi connectivity index (χ2v) is 6.04. The van der Waals surface area contributed by atoms with Crippen molar-refractivity contribution in [1.29, 1.82) is 0 Å². The first-order valence-corrected chi connectivity index (χ1v) is 7.42. The lowest BCUT2D eigenvalue weighted by Gasteiger charge is -2.40. The highest BCUT2D eigenvalue weighted by molar-refractivity contribution is 7.99. The molecule has 2 nitrogen and oxygen atoms in total. The van der Waals surface area contributed by atoms with Crippen LogP contribution < -0.4 is 5.43 Å². The van der Waals surface area contributed by atoms with Crippen LogP contribution in [0.4, 0.5) is 0 Å². The summed E-state index contributed by atoms with van der Waals surface area (Å²) in [5.74, 6) is 2.43. The van der Waals surface area contributed by atoms with Crippen molar-refractivity contribution in [2.24, 2.45) is 0 Å². The van der Waals surface area contributed by atoms with Gasteiger partial charge in [-0.3, -0.25) is 5.43 Å². The Labute approximate surface area is 99.2 Å². The Morgan fingerprint density at radius 1 is 1.33 bits per heavy atom. The summed E-state index contributed by atoms with van der Waals surface area (Å²) in [6, 6.07) is 1.99. The van der Waals surface area contributed by atoms with Crippen LogP contribution in [0.15, 0.2) is 0 Å². The van der Waals surface area contributed by atoms with Crippen molar-refractivity contribution in [1.82, 2.24) is 10.4 Å². The average Bonchev–Trinajstić information content (AvgIpc) is 2.21. The molecule has 1 aliphatic heterocycles. The van der Waals surface area contributed by atoms with E-state index >= 15 is 0 Å². The third-order valence-electron chi connectivity index (χ3n) is 3.13. The maximum absolute atomic E-state index is 3.67. The van der Waals surface area contributed by atoms with Crippen molar-refractivity contribution < 1.29 is 0 Å². The van der Waals surface area contributed by atoms with Gasteiger partial charge < -0.3 is 0 Å². The first-order chi connectivity index (χ1) is 7.15. The number of thioether (sulfide) groups is 1. The van der Waals surface area contributed by atoms with Gasteiger partial charge in [0.05, 0.1) is 0 Å². The molecule has 0 aromatic carbocycles. The normalized spacial score (nSPS) is 30.4. The quantitative estimate of drug-likeness (QED) is 0.782. The summed E-state index contributed by atoms with van der Waals surface area (Å²) in [6.45, 7) is 9.19. The van der Waals surface area contributed by atoms with Crippen LogP contribution in [0, 0.1) is 0 Å². The highest BCUT2D eigenvalue weighted by atomic mass is 32.2. The minimum absolute atomic E-state index is 0.595. The van der Waals surface area contributed by atoms with E-state index in [2.05, 4.69) is 38.1 Å². The van der Waals surface area contributed by atoms with Crippen molar-refractivity contribution in [3.8, 4) is 0 Å². The van der Waals surface area contributed by atoms with Gasteiger partial charge in [-0.2, -0.15) is 11.8 Å². The van der Waals surface area contributed by atoms with Gasteiger partial charge in [-0.25, -0.2) is 5.01 Å². The van der Waals surface area contributed by atoms with Gasteiger partial charge in [-0.1, -0.05) is 13.3 Å². The minimum atomic E-state index is 0.595. The average molecular weight is 230 g/mol. The first kappa shape index (κ1) is 13.3. The number of hydrazine groups is 1. The van der Waals surface area contributed by atoms with Crippen LogP contribution in [0.2, 0.25) is 0 Å². The molecule has 3 atom stereocenters. The van der Waals surface area contributed by atoms with E-state index in [1.54, 1.807) is 0 Å². The van der Waals surface area contributed by atoms with Crippen LogP contribution in [-0.4, -0.2) is 34.6 Å². The molecule has 1 rings (SSSR count). The van der Waals surface area contributed by atoms with Crippen LogP contribution in [0.1, 0.15) is 47.0 Å². The van der Waals surface area contributed by atoms with E-state index in [0.717, 1.165) is 0 Å². The lowest BCUT2D eigenvalue weighted by atomic mass is 10.00. The number of nitrogens with zero attached hydrogens (tertiary/aromatic N) is 1. The second kappa shape index (κ2) is 6.77. The van der Waals surface area contributed by atoms with Crippen LogP contribution in [0.3, 0.4) is 0 Å². The number of rotatable bonds is 5. The van der Waals surface area contributed by atoms with Crippen molar-refractivity contribution in [3.05, 3.63) is 0 Å². The molecular formula is C12H26N2S. The molecule has 0 saturated carbocycles. The predicted molar refractivity (Wildman–Crippen MR) is 70.2 cm³/mol. The number of hydrogen-bond acceptors (Lipinski definition) is 3. The van der Waals surface area contributed by atoms with E-state index in [1.807, 2.05) is 11.8 Å². The molecule has 0 spiro atoms. The monoisotopic (exact) mass is 230 g/mol. The van der Waals surface area contributed by atoms with Gasteiger partial charge in [0, 0.05) is 23.9 Å². The Kier molecular flexibility index (Phi) is 6.02. The third-order valence-corrected chi connectivity index (χ3v) is 4.28. The van der Waals surface area contributed by atoms with Gasteiger partial charge in [0.1, 0.15) is 0 Å². The molecule has 0 bridgehead atoms. The molecule has 1 saturated heterocycles. The summed E-state index contributed by atoms with van der Waals surface area (Å²) >= 11 is 2.02. The van der Waals surface area contributed by atoms with Crippen LogP contribution in [0.5, 0.6) is 0 Å². The number of piperidine rings is 1. The molecule has 1 fully saturated rings. The van der Waals surface area contributed by atoms with Gasteiger partial charge in [-0.15, -0.1) is 0 Å². The Hall–Kier alpha value is 0.270. The maximum Gasteiger partial charge on any atom is 0.0277 e. The second-order valence-electron chi connectivity index (χ2n) is 4.73. The summed E-state index contributed by atoms with van der Waals surface area (Å²) in [4.78, 5) is 0. The number of hydrogen-bond donors (Lipinski definition) is 1. The van der Waals surface area contributed by atoms with E-state index < -0.39 is 0 Å². The van der Waals surface area contributed by atoms with Crippen LogP contribution in [0.25, 0.3) is 0 Å². The van der Waals surface area contributed by atoms with Crippen LogP contribution >= 0.6 is 11.8 Å². The third kappa shape index (κ3) is 4.33. The van der Waals surface area contributed by atoms with E-state index in [-0.39, 0.29) is 0 Å². The van der Waals surface area contributed by atoms with Gasteiger partial charge in [0.25, 0.3) is 0 Å². The largest absolute Gasteiger partial charge is 0.251 e. The summed E-state index contributed by atoms with van der Waals surface area (Å²) in [6.07, 6.45) is 4.06. The summed E-state index contributed by atoms with van der Waals surface area (Å²) in [7, 11) is 0. The molecule has 1 aliphatic rings. The fourth-order valence-corrected chi connectivity index (χ4v) is 2.93. The molecule has 3 unspecified atom stereocenters. The van der Waals surface area contributed by atoms with Crippen molar-refractivity contribution in [2.75, 3.05) is 11.5 Å². The van der Waals surface area contributed by atoms with Gasteiger partial charge in [0.15, 0.2) is 0 Å². The molecule has 0 aromatic heterocycles. The highest BCUT2D eigenvalue weighted by Gasteiger charge is 2.25. The maximum atomic E-state index is 3.67. The Morgan fingerprint density at radius 2 is 1.93 bits per heavy atom. The van der Waals surface area contributed by atoms with Gasteiger partial charge in [-0.05, 0) is 39.4 Å². The smallest absolute Gasteiger partial charge is 0.0277 e. The molecule has 0 aromatic rings. The molecule has 90 valence electrons. The Morgan fingerprint density at radius 3 is 2.47 bits per heavy atom. The summed E-state index contributed by atoms with van der Waals surface area (Å²) in [5, 5.41) is 2.48. The van der Waals surface area contributed by atoms with Crippen LogP contribution in [-0.2, 0) is 0 Å². The van der Waals surface area contributed by atoms with E-state index in [1.165, 1.54) is 30.8 Å². The topological polar surface area (TPSA) is 15.3 Å². The molecule has 15 heavy (non-hydrogen) atoms. The SMILES string of the molecule is CCSCC(C)NN1C(C)CCCC1C. The van der Waals surface area contributed by atoms with E-state index in [0.29, 0.717) is 18.1 Å². The molecule has 3 heteroatoms. The van der Waals surface area contributed by atoms with Gasteiger partial charge in [0.2, 0.25) is 0 Å². The standard InChI is InChI=1S/C12H26N2S/c1-5-15-9-10(2)13-14-11(3)7-6-8-12(14)4/h10-13H,5-9H2,1-4H3. The fourth-order valence-electron chi connectivity index (χ4n) is 2.26. The summed E-state index contributed by atoms with van der Waals surface area (Å²) in [5.41, 5.74) is 3.67. The molecule has 0 aliphatic carbocycles. The molecular weight excluding hydrogens is 204 g/mol. The van der Waals surface area contributed by atoms with Crippen molar-refractivity contribution >= 4 is 11.8 Å². The zero-order valence-electron chi connectivity index (χ0n) is 10.6. The molecule has 1 N–H and O–H groups in total. The van der Waals surface area contributed by atoms with Gasteiger partial charge >= 0.3 is 0 Å². The Balaban J connectivity index is 2.33.